The molecule has 0 amide bonds. The summed E-state index contributed by atoms with van der Waals surface area (Å²) in [6.07, 6.45) is 3.49. The molecule has 4 aromatic rings. The van der Waals surface area contributed by atoms with Gasteiger partial charge in [-0.15, -0.1) is 0 Å². The van der Waals surface area contributed by atoms with Crippen LogP contribution in [0, 0.1) is 0 Å². The number of halogens is 1. The summed E-state index contributed by atoms with van der Waals surface area (Å²) in [7, 11) is 0. The molecule has 1 N–H and O–H groups in total. The first-order valence-corrected chi connectivity index (χ1v) is 7.28. The smallest absolute Gasteiger partial charge is 0.0931 e. The highest BCUT2D eigenvalue weighted by molar-refractivity contribution is 6.35. The number of aromatic amines is 1. The number of nitrogens with zero attached hydrogens (tertiary/aromatic N) is 2. The Bertz CT molecular complexity index is 1020. The van der Waals surface area contributed by atoms with Crippen LogP contribution in [0.2, 0.25) is 5.02 Å². The highest BCUT2D eigenvalue weighted by atomic mass is 35.5. The number of hydrogen-bond donors (Lipinski definition) is 1. The molecule has 4 heteroatoms. The molecule has 0 aliphatic heterocycles. The maximum absolute atomic E-state index is 6.42. The summed E-state index contributed by atoms with van der Waals surface area (Å²) in [6, 6.07) is 13.9. The van der Waals surface area contributed by atoms with Crippen LogP contribution in [0.4, 0.5) is 0 Å². The van der Waals surface area contributed by atoms with Gasteiger partial charge in [-0.2, -0.15) is 0 Å². The van der Waals surface area contributed by atoms with E-state index in [9.17, 15) is 0 Å². The van der Waals surface area contributed by atoms with Crippen LogP contribution in [-0.4, -0.2) is 15.0 Å². The van der Waals surface area contributed by atoms with E-state index in [4.69, 9.17) is 16.6 Å². The highest BCUT2D eigenvalue weighted by Crippen LogP contribution is 2.29. The Hall–Kier alpha value is -2.65. The van der Waals surface area contributed by atoms with Gasteiger partial charge in [0.05, 0.1) is 33.6 Å². The van der Waals surface area contributed by atoms with Crippen LogP contribution in [0.1, 0.15) is 5.56 Å². The lowest BCUT2D eigenvalue weighted by Gasteiger charge is -2.07. The van der Waals surface area contributed by atoms with Gasteiger partial charge < -0.3 is 4.98 Å². The van der Waals surface area contributed by atoms with E-state index in [2.05, 4.69) is 16.5 Å². The van der Waals surface area contributed by atoms with E-state index in [-0.39, 0.29) is 0 Å². The first-order valence-electron chi connectivity index (χ1n) is 6.91. The Morgan fingerprint density at radius 1 is 1.05 bits per heavy atom. The zero-order chi connectivity index (χ0) is 15.1. The predicted molar refractivity (Wildman–Crippen MR) is 91.9 cm³/mol. The van der Waals surface area contributed by atoms with E-state index in [1.165, 1.54) is 0 Å². The zero-order valence-corrected chi connectivity index (χ0v) is 12.4. The van der Waals surface area contributed by atoms with Gasteiger partial charge in [-0.3, -0.25) is 0 Å². The van der Waals surface area contributed by atoms with E-state index < -0.39 is 0 Å². The number of benzene rings is 2. The zero-order valence-electron chi connectivity index (χ0n) is 11.7. The molecule has 4 rings (SSSR count). The van der Waals surface area contributed by atoms with Gasteiger partial charge in [0.2, 0.25) is 0 Å². The molecular weight excluding hydrogens is 294 g/mol. The monoisotopic (exact) mass is 305 g/mol. The number of pyridine rings is 1. The summed E-state index contributed by atoms with van der Waals surface area (Å²) >= 11 is 6.42. The Morgan fingerprint density at radius 2 is 1.95 bits per heavy atom. The molecule has 0 saturated heterocycles. The molecular formula is C18H12ClN3. The van der Waals surface area contributed by atoms with Gasteiger partial charge >= 0.3 is 0 Å². The standard InChI is InChI=1S/C18H12ClN3/c1-2-11-3-5-13-14(19)9-16(22-17(13)7-11)12-4-6-15-18(8-12)21-10-20-15/h2-10H,1H2,(H,20,21). The predicted octanol–water partition coefficient (Wildman–Crippen LogP) is 5.07. The third-order valence-corrected chi connectivity index (χ3v) is 4.05. The van der Waals surface area contributed by atoms with Crippen molar-refractivity contribution < 1.29 is 0 Å². The maximum atomic E-state index is 6.42. The second kappa shape index (κ2) is 4.97. The molecule has 0 bridgehead atoms. The first kappa shape index (κ1) is 13.0. The fourth-order valence-corrected chi connectivity index (χ4v) is 2.84. The van der Waals surface area contributed by atoms with Gasteiger partial charge in [0.1, 0.15) is 0 Å². The fourth-order valence-electron chi connectivity index (χ4n) is 2.57. The lowest BCUT2D eigenvalue weighted by atomic mass is 10.1. The van der Waals surface area contributed by atoms with Crippen LogP contribution >= 0.6 is 11.6 Å². The number of fused-ring (bicyclic) bond motifs is 2. The molecule has 106 valence electrons. The lowest BCUT2D eigenvalue weighted by molar-refractivity contribution is 1.34. The third-order valence-electron chi connectivity index (χ3n) is 3.74. The molecule has 2 aromatic heterocycles. The largest absolute Gasteiger partial charge is 0.345 e. The van der Waals surface area contributed by atoms with E-state index in [1.807, 2.05) is 42.5 Å². The third kappa shape index (κ3) is 2.07. The number of aromatic nitrogens is 3. The SMILES string of the molecule is C=Cc1ccc2c(Cl)cc(-c3ccc4nc[nH]c4c3)nc2c1. The van der Waals surface area contributed by atoms with Crippen molar-refractivity contribution in [3.63, 3.8) is 0 Å². The Balaban J connectivity index is 1.95. The van der Waals surface area contributed by atoms with Crippen LogP contribution in [-0.2, 0) is 0 Å². The molecule has 0 unspecified atom stereocenters. The summed E-state index contributed by atoms with van der Waals surface area (Å²) in [5.41, 5.74) is 5.65. The van der Waals surface area contributed by atoms with Gasteiger partial charge in [0.25, 0.3) is 0 Å². The topological polar surface area (TPSA) is 41.6 Å². The number of hydrogen-bond acceptors (Lipinski definition) is 2. The summed E-state index contributed by atoms with van der Waals surface area (Å²) in [5.74, 6) is 0. The van der Waals surface area contributed by atoms with Crippen molar-refractivity contribution in [1.29, 1.82) is 0 Å². The van der Waals surface area contributed by atoms with Gasteiger partial charge in [0.15, 0.2) is 0 Å². The minimum absolute atomic E-state index is 0.695. The van der Waals surface area contributed by atoms with Gasteiger partial charge in [0, 0.05) is 10.9 Å². The van der Waals surface area contributed by atoms with Gasteiger partial charge in [-0.25, -0.2) is 9.97 Å². The van der Waals surface area contributed by atoms with Crippen molar-refractivity contribution in [1.82, 2.24) is 15.0 Å². The molecule has 0 aliphatic carbocycles. The van der Waals surface area contributed by atoms with E-state index in [1.54, 1.807) is 12.4 Å². The average molecular weight is 306 g/mol. The normalized spacial score (nSPS) is 11.1. The fraction of sp³-hybridized carbons (Fsp3) is 0. The Kier molecular flexibility index (Phi) is 2.94. The van der Waals surface area contributed by atoms with Crippen LogP contribution in [0.5, 0.6) is 0 Å². The van der Waals surface area contributed by atoms with Crippen LogP contribution in [0.15, 0.2) is 55.4 Å². The Morgan fingerprint density at radius 3 is 2.82 bits per heavy atom. The van der Waals surface area contributed by atoms with Crippen molar-refractivity contribution in [2.24, 2.45) is 0 Å². The average Bonchev–Trinajstić information content (AvgIpc) is 3.01. The first-order chi connectivity index (χ1) is 10.7. The molecule has 0 aliphatic rings. The molecule has 0 atom stereocenters. The van der Waals surface area contributed by atoms with Crippen molar-refractivity contribution >= 4 is 39.6 Å². The Labute approximate surface area is 132 Å². The highest BCUT2D eigenvalue weighted by Gasteiger charge is 2.08. The van der Waals surface area contributed by atoms with Crippen molar-refractivity contribution in [2.75, 3.05) is 0 Å². The van der Waals surface area contributed by atoms with Crippen molar-refractivity contribution in [3.8, 4) is 11.3 Å². The number of imidazole rings is 1. The second-order valence-electron chi connectivity index (χ2n) is 5.10. The summed E-state index contributed by atoms with van der Waals surface area (Å²) in [5, 5.41) is 1.64. The minimum atomic E-state index is 0.695. The van der Waals surface area contributed by atoms with E-state index in [0.717, 1.165) is 38.8 Å². The number of rotatable bonds is 2. The lowest BCUT2D eigenvalue weighted by Crippen LogP contribution is -1.88. The van der Waals surface area contributed by atoms with Crippen molar-refractivity contribution in [2.45, 2.75) is 0 Å². The minimum Gasteiger partial charge on any atom is -0.345 e. The van der Waals surface area contributed by atoms with Crippen LogP contribution in [0.25, 0.3) is 39.3 Å². The summed E-state index contributed by atoms with van der Waals surface area (Å²) in [4.78, 5) is 12.1. The van der Waals surface area contributed by atoms with Crippen LogP contribution in [0.3, 0.4) is 0 Å². The molecule has 2 aromatic carbocycles. The maximum Gasteiger partial charge on any atom is 0.0931 e. The second-order valence-corrected chi connectivity index (χ2v) is 5.51. The van der Waals surface area contributed by atoms with Crippen molar-refractivity contribution in [3.05, 3.63) is 66.0 Å². The number of H-pyrrole nitrogens is 1. The van der Waals surface area contributed by atoms with Gasteiger partial charge in [-0.1, -0.05) is 42.5 Å². The molecule has 0 spiro atoms. The van der Waals surface area contributed by atoms with Crippen LogP contribution < -0.4 is 0 Å². The molecule has 0 radical (unpaired) electrons. The molecule has 0 fully saturated rings. The summed E-state index contributed by atoms with van der Waals surface area (Å²) in [6.45, 7) is 3.80. The quantitative estimate of drug-likeness (QED) is 0.561. The van der Waals surface area contributed by atoms with E-state index in [0.29, 0.717) is 5.02 Å². The number of nitrogens with one attached hydrogen (secondary N) is 1. The summed E-state index contributed by atoms with van der Waals surface area (Å²) < 4.78 is 0. The van der Waals surface area contributed by atoms with E-state index >= 15 is 0 Å². The molecule has 0 saturated carbocycles. The van der Waals surface area contributed by atoms with Gasteiger partial charge in [-0.05, 0) is 29.8 Å². The molecule has 2 heterocycles. The molecule has 22 heavy (non-hydrogen) atoms. The molecule has 3 nitrogen and oxygen atoms in total.